The van der Waals surface area contributed by atoms with Crippen LogP contribution in [0.25, 0.3) is 0 Å². The number of rotatable bonds is 4. The summed E-state index contributed by atoms with van der Waals surface area (Å²) in [6.45, 7) is 0. The van der Waals surface area contributed by atoms with E-state index in [0.717, 1.165) is 18.2 Å². The Bertz CT molecular complexity index is 715. The van der Waals surface area contributed by atoms with E-state index >= 15 is 0 Å². The molecule has 4 nitrogen and oxygen atoms in total. The van der Waals surface area contributed by atoms with Crippen molar-refractivity contribution in [1.29, 1.82) is 0 Å². The van der Waals surface area contributed by atoms with E-state index in [1.165, 1.54) is 18.2 Å². The summed E-state index contributed by atoms with van der Waals surface area (Å²) in [7, 11) is 0. The number of hydrogen-bond donors (Lipinski definition) is 3. The van der Waals surface area contributed by atoms with E-state index in [9.17, 15) is 33.3 Å². The first-order chi connectivity index (χ1) is 10.7. The maximum atomic E-state index is 12.9. The summed E-state index contributed by atoms with van der Waals surface area (Å²) in [4.78, 5) is 12.0. The van der Waals surface area contributed by atoms with E-state index in [4.69, 9.17) is 0 Å². The van der Waals surface area contributed by atoms with Crippen LogP contribution in [0.3, 0.4) is 0 Å². The molecule has 122 valence electrons. The van der Waals surface area contributed by atoms with Gasteiger partial charge in [-0.25, -0.2) is 0 Å². The zero-order valence-corrected chi connectivity index (χ0v) is 11.8. The highest BCUT2D eigenvalue weighted by Gasteiger charge is 2.32. The van der Waals surface area contributed by atoms with Crippen LogP contribution in [0.4, 0.5) is 13.2 Å². The van der Waals surface area contributed by atoms with Gasteiger partial charge >= 0.3 is 6.18 Å². The third kappa shape index (κ3) is 3.74. The topological polar surface area (TPSA) is 77.8 Å². The Balaban J connectivity index is 2.21. The highest BCUT2D eigenvalue weighted by molar-refractivity contribution is 6.01. The predicted octanol–water partition coefficient (Wildman–Crippen LogP) is 3.64. The maximum absolute atomic E-state index is 12.9. The van der Waals surface area contributed by atoms with Gasteiger partial charge in [-0.1, -0.05) is 18.2 Å². The van der Waals surface area contributed by atoms with Gasteiger partial charge in [0.15, 0.2) is 5.78 Å². The van der Waals surface area contributed by atoms with E-state index in [0.29, 0.717) is 0 Å². The molecule has 0 amide bonds. The molecule has 0 bridgehead atoms. The number of ketones is 1. The lowest BCUT2D eigenvalue weighted by molar-refractivity contribution is -0.138. The van der Waals surface area contributed by atoms with Gasteiger partial charge in [-0.3, -0.25) is 4.79 Å². The molecule has 0 aromatic heterocycles. The summed E-state index contributed by atoms with van der Waals surface area (Å²) in [5.74, 6) is -2.41. The minimum absolute atomic E-state index is 0.0499. The summed E-state index contributed by atoms with van der Waals surface area (Å²) in [6, 6.07) is 6.63. The first-order valence-corrected chi connectivity index (χ1v) is 6.63. The van der Waals surface area contributed by atoms with Crippen LogP contribution in [-0.4, -0.2) is 21.1 Å². The molecule has 0 saturated heterocycles. The molecule has 0 radical (unpaired) electrons. The second kappa shape index (κ2) is 6.20. The van der Waals surface area contributed by atoms with Crippen molar-refractivity contribution in [3.8, 4) is 17.2 Å². The number of carbonyl (C=O) groups is 1. The number of alkyl halides is 3. The second-order valence-electron chi connectivity index (χ2n) is 4.94. The summed E-state index contributed by atoms with van der Waals surface area (Å²) < 4.78 is 38.6. The van der Waals surface area contributed by atoms with Gasteiger partial charge < -0.3 is 15.3 Å². The van der Waals surface area contributed by atoms with Crippen molar-refractivity contribution in [2.75, 3.05) is 0 Å². The Morgan fingerprint density at radius 3 is 2.13 bits per heavy atom. The minimum Gasteiger partial charge on any atom is -0.508 e. The van der Waals surface area contributed by atoms with Gasteiger partial charge in [0.25, 0.3) is 0 Å². The number of phenolic OH excluding ortho intramolecular Hbond substituents is 3. The van der Waals surface area contributed by atoms with Gasteiger partial charge in [0, 0.05) is 18.6 Å². The fourth-order valence-corrected chi connectivity index (χ4v) is 2.27. The minimum atomic E-state index is -4.53. The average molecular weight is 326 g/mol. The molecule has 0 spiro atoms. The van der Waals surface area contributed by atoms with Crippen molar-refractivity contribution in [3.05, 3.63) is 53.1 Å². The molecule has 2 aromatic carbocycles. The summed E-state index contributed by atoms with van der Waals surface area (Å²) >= 11 is 0. The molecule has 0 saturated carbocycles. The molecule has 7 heteroatoms. The average Bonchev–Trinajstić information content (AvgIpc) is 2.43. The number of benzene rings is 2. The fourth-order valence-electron chi connectivity index (χ4n) is 2.27. The zero-order valence-electron chi connectivity index (χ0n) is 11.8. The van der Waals surface area contributed by atoms with Crippen molar-refractivity contribution in [2.24, 2.45) is 0 Å². The lowest BCUT2D eigenvalue weighted by Crippen LogP contribution is -2.10. The quantitative estimate of drug-likeness (QED) is 0.750. The van der Waals surface area contributed by atoms with Crippen LogP contribution in [0.15, 0.2) is 36.4 Å². The summed E-state index contributed by atoms with van der Waals surface area (Å²) in [5, 5.41) is 28.4. The largest absolute Gasteiger partial charge is 0.508 e. The molecule has 3 N–H and O–H groups in total. The molecule has 0 fully saturated rings. The first-order valence-electron chi connectivity index (χ1n) is 6.63. The Hall–Kier alpha value is -2.70. The lowest BCUT2D eigenvalue weighted by Gasteiger charge is -2.12. The van der Waals surface area contributed by atoms with E-state index in [1.54, 1.807) is 0 Å². The lowest BCUT2D eigenvalue weighted by atomic mass is 9.98. The Kier molecular flexibility index (Phi) is 4.49. The Morgan fingerprint density at radius 1 is 1.00 bits per heavy atom. The number of halogens is 3. The molecule has 2 rings (SSSR count). The molecule has 2 aromatic rings. The standard InChI is InChI=1S/C16H13F3O4/c17-16(18,19)11-4-2-1-3-9(11)5-6-12(21)15-13(22)7-10(20)8-14(15)23/h1-4,7-8,20,22-23H,5-6H2. The molecular weight excluding hydrogens is 313 g/mol. The number of carbonyl (C=O) groups excluding carboxylic acids is 1. The van der Waals surface area contributed by atoms with E-state index < -0.39 is 40.3 Å². The Labute approximate surface area is 129 Å². The summed E-state index contributed by atoms with van der Waals surface area (Å²) in [5.41, 5.74) is -1.30. The molecule has 0 atom stereocenters. The zero-order chi connectivity index (χ0) is 17.2. The summed E-state index contributed by atoms with van der Waals surface area (Å²) in [6.07, 6.45) is -5.06. The van der Waals surface area contributed by atoms with Crippen molar-refractivity contribution >= 4 is 5.78 Å². The highest BCUT2D eigenvalue weighted by Crippen LogP contribution is 2.35. The van der Waals surface area contributed by atoms with Gasteiger partial charge in [-0.05, 0) is 18.1 Å². The van der Waals surface area contributed by atoms with Gasteiger partial charge in [-0.15, -0.1) is 0 Å². The van der Waals surface area contributed by atoms with Crippen molar-refractivity contribution in [2.45, 2.75) is 19.0 Å². The van der Waals surface area contributed by atoms with Crippen LogP contribution in [0, 0.1) is 0 Å². The third-order valence-corrected chi connectivity index (χ3v) is 3.30. The molecular formula is C16H13F3O4. The van der Waals surface area contributed by atoms with Crippen LogP contribution in [0.5, 0.6) is 17.2 Å². The van der Waals surface area contributed by atoms with Gasteiger partial charge in [-0.2, -0.15) is 13.2 Å². The van der Waals surface area contributed by atoms with Crippen LogP contribution >= 0.6 is 0 Å². The van der Waals surface area contributed by atoms with Crippen LogP contribution in [0.2, 0.25) is 0 Å². The molecule has 0 aliphatic heterocycles. The maximum Gasteiger partial charge on any atom is 0.416 e. The normalized spacial score (nSPS) is 11.4. The fraction of sp³-hybridized carbons (Fsp3) is 0.188. The number of hydrogen-bond acceptors (Lipinski definition) is 4. The van der Waals surface area contributed by atoms with Crippen LogP contribution in [0.1, 0.15) is 27.9 Å². The molecule has 0 unspecified atom stereocenters. The van der Waals surface area contributed by atoms with Crippen molar-refractivity contribution in [1.82, 2.24) is 0 Å². The third-order valence-electron chi connectivity index (χ3n) is 3.30. The van der Waals surface area contributed by atoms with Gasteiger partial charge in [0.2, 0.25) is 0 Å². The molecule has 0 aliphatic rings. The number of aromatic hydroxyl groups is 3. The number of aryl methyl sites for hydroxylation is 1. The van der Waals surface area contributed by atoms with Crippen molar-refractivity contribution < 1.29 is 33.3 Å². The van der Waals surface area contributed by atoms with E-state index in [-0.39, 0.29) is 18.4 Å². The number of phenols is 3. The van der Waals surface area contributed by atoms with E-state index in [2.05, 4.69) is 0 Å². The molecule has 0 aliphatic carbocycles. The monoisotopic (exact) mass is 326 g/mol. The van der Waals surface area contributed by atoms with Gasteiger partial charge in [0.05, 0.1) is 5.56 Å². The predicted molar refractivity (Wildman–Crippen MR) is 75.5 cm³/mol. The second-order valence-corrected chi connectivity index (χ2v) is 4.94. The molecule has 0 heterocycles. The van der Waals surface area contributed by atoms with Crippen LogP contribution in [-0.2, 0) is 12.6 Å². The first kappa shape index (κ1) is 16.7. The van der Waals surface area contributed by atoms with Crippen LogP contribution < -0.4 is 0 Å². The number of Topliss-reactive ketones (excluding diaryl/α,β-unsaturated/α-hetero) is 1. The Morgan fingerprint density at radius 2 is 1.57 bits per heavy atom. The van der Waals surface area contributed by atoms with Gasteiger partial charge in [0.1, 0.15) is 22.8 Å². The highest BCUT2D eigenvalue weighted by atomic mass is 19.4. The van der Waals surface area contributed by atoms with E-state index in [1.807, 2.05) is 0 Å². The SMILES string of the molecule is O=C(CCc1ccccc1C(F)(F)F)c1c(O)cc(O)cc1O. The van der Waals surface area contributed by atoms with Crippen molar-refractivity contribution in [3.63, 3.8) is 0 Å². The molecule has 23 heavy (non-hydrogen) atoms. The smallest absolute Gasteiger partial charge is 0.416 e.